The Labute approximate surface area is 106 Å². The van der Waals surface area contributed by atoms with Gasteiger partial charge in [-0.1, -0.05) is 15.9 Å². The highest BCUT2D eigenvalue weighted by Crippen LogP contribution is 2.18. The van der Waals surface area contributed by atoms with Crippen molar-refractivity contribution in [2.24, 2.45) is 5.73 Å². The third kappa shape index (κ3) is 2.77. The summed E-state index contributed by atoms with van der Waals surface area (Å²) in [4.78, 5) is 11.6. The Bertz CT molecular complexity index is 561. The lowest BCUT2D eigenvalue weighted by atomic mass is 10.3. The summed E-state index contributed by atoms with van der Waals surface area (Å²) in [6.07, 6.45) is 0. The van der Waals surface area contributed by atoms with Gasteiger partial charge in [-0.15, -0.1) is 0 Å². The largest absolute Gasteiger partial charge is 0.420 e. The number of benzene rings is 1. The lowest BCUT2D eigenvalue weighted by Gasteiger charge is -2.03. The Kier molecular flexibility index (Phi) is 3.98. The van der Waals surface area contributed by atoms with Crippen molar-refractivity contribution in [2.45, 2.75) is 6.54 Å². The molecule has 5 nitrogen and oxygen atoms in total. The molecule has 17 heavy (non-hydrogen) atoms. The summed E-state index contributed by atoms with van der Waals surface area (Å²) in [6, 6.07) is 5.45. The number of nitrogens with two attached hydrogens (primary N) is 1. The molecule has 0 spiro atoms. The average molecular weight is 301 g/mol. The fraction of sp³-hybridized carbons (Fsp3) is 0.364. The minimum Gasteiger partial charge on any atom is -0.408 e. The molecule has 0 aliphatic rings. The molecule has 0 bridgehead atoms. The van der Waals surface area contributed by atoms with Gasteiger partial charge in [0.25, 0.3) is 0 Å². The number of oxazole rings is 1. The predicted octanol–water partition coefficient (Wildman–Crippen LogP) is 1.33. The number of nitrogens with zero attached hydrogens (tertiary/aromatic N) is 1. The highest BCUT2D eigenvalue weighted by Gasteiger charge is 2.08. The maximum atomic E-state index is 11.6. The van der Waals surface area contributed by atoms with Crippen LogP contribution in [0.4, 0.5) is 0 Å². The number of fused-ring (bicyclic) bond motifs is 1. The number of hydrogen-bond donors (Lipinski definition) is 1. The zero-order chi connectivity index (χ0) is 12.3. The lowest BCUT2D eigenvalue weighted by molar-refractivity contribution is 0.132. The van der Waals surface area contributed by atoms with Crippen LogP contribution in [0.15, 0.2) is 31.9 Å². The van der Waals surface area contributed by atoms with E-state index in [0.29, 0.717) is 31.9 Å². The quantitative estimate of drug-likeness (QED) is 0.846. The van der Waals surface area contributed by atoms with Crippen molar-refractivity contribution >= 4 is 27.0 Å². The van der Waals surface area contributed by atoms with E-state index in [-0.39, 0.29) is 5.76 Å². The second kappa shape index (κ2) is 5.48. The van der Waals surface area contributed by atoms with Gasteiger partial charge in [0.15, 0.2) is 5.58 Å². The first-order chi connectivity index (χ1) is 8.22. The molecule has 0 radical (unpaired) electrons. The van der Waals surface area contributed by atoms with Crippen molar-refractivity contribution < 1.29 is 9.15 Å². The van der Waals surface area contributed by atoms with Gasteiger partial charge in [0.05, 0.1) is 25.3 Å². The van der Waals surface area contributed by atoms with Crippen LogP contribution in [0.3, 0.4) is 0 Å². The van der Waals surface area contributed by atoms with Crippen LogP contribution >= 0.6 is 15.9 Å². The van der Waals surface area contributed by atoms with Gasteiger partial charge >= 0.3 is 5.76 Å². The summed E-state index contributed by atoms with van der Waals surface area (Å²) in [6.45, 7) is 1.88. The summed E-state index contributed by atoms with van der Waals surface area (Å²) >= 11 is 3.36. The fourth-order valence-corrected chi connectivity index (χ4v) is 1.94. The monoisotopic (exact) mass is 300 g/mol. The van der Waals surface area contributed by atoms with Crippen LogP contribution in [0.2, 0.25) is 0 Å². The Morgan fingerprint density at radius 2 is 2.24 bits per heavy atom. The number of rotatable bonds is 5. The molecule has 0 saturated heterocycles. The van der Waals surface area contributed by atoms with Crippen molar-refractivity contribution in [3.05, 3.63) is 33.2 Å². The Morgan fingerprint density at radius 3 is 3.00 bits per heavy atom. The molecule has 0 amide bonds. The molecule has 2 rings (SSSR count). The standard InChI is InChI=1S/C11H13BrN2O3/c12-8-1-2-10-9(7-8)14(11(15)17-10)4-6-16-5-3-13/h1-2,7H,3-6,13H2. The number of hydrogen-bond acceptors (Lipinski definition) is 4. The first-order valence-electron chi connectivity index (χ1n) is 5.29. The molecule has 0 aliphatic carbocycles. The van der Waals surface area contributed by atoms with Crippen LogP contribution in [0.5, 0.6) is 0 Å². The van der Waals surface area contributed by atoms with Gasteiger partial charge in [-0.05, 0) is 18.2 Å². The highest BCUT2D eigenvalue weighted by atomic mass is 79.9. The topological polar surface area (TPSA) is 70.4 Å². The minimum atomic E-state index is -0.366. The molecule has 0 aliphatic heterocycles. The van der Waals surface area contributed by atoms with Gasteiger partial charge < -0.3 is 14.9 Å². The summed E-state index contributed by atoms with van der Waals surface area (Å²) in [5.74, 6) is -0.366. The normalized spacial score (nSPS) is 11.2. The fourth-order valence-electron chi connectivity index (χ4n) is 1.59. The van der Waals surface area contributed by atoms with E-state index in [2.05, 4.69) is 15.9 Å². The summed E-state index contributed by atoms with van der Waals surface area (Å²) < 4.78 is 12.8. The SMILES string of the molecule is NCCOCCn1c(=O)oc2ccc(Br)cc21. The second-order valence-corrected chi connectivity index (χ2v) is 4.45. The van der Waals surface area contributed by atoms with E-state index in [0.717, 1.165) is 9.99 Å². The third-order valence-corrected chi connectivity index (χ3v) is 2.84. The molecule has 0 atom stereocenters. The summed E-state index contributed by atoms with van der Waals surface area (Å²) in [5.41, 5.74) is 6.66. The van der Waals surface area contributed by atoms with E-state index in [1.54, 1.807) is 10.6 Å². The van der Waals surface area contributed by atoms with Crippen molar-refractivity contribution in [3.8, 4) is 0 Å². The van der Waals surface area contributed by atoms with Crippen LogP contribution in [0.25, 0.3) is 11.1 Å². The molecule has 0 fully saturated rings. The van der Waals surface area contributed by atoms with Crippen molar-refractivity contribution in [1.29, 1.82) is 0 Å². The van der Waals surface area contributed by atoms with E-state index in [1.165, 1.54) is 0 Å². The molecule has 92 valence electrons. The Balaban J connectivity index is 2.23. The molecular weight excluding hydrogens is 288 g/mol. The van der Waals surface area contributed by atoms with Crippen LogP contribution in [0.1, 0.15) is 0 Å². The summed E-state index contributed by atoms with van der Waals surface area (Å²) in [5, 5.41) is 0. The lowest BCUT2D eigenvalue weighted by Crippen LogP contribution is -2.19. The van der Waals surface area contributed by atoms with Gasteiger partial charge in [0, 0.05) is 11.0 Å². The predicted molar refractivity (Wildman–Crippen MR) is 68.0 cm³/mol. The second-order valence-electron chi connectivity index (χ2n) is 3.53. The van der Waals surface area contributed by atoms with Gasteiger partial charge in [0.2, 0.25) is 0 Å². The van der Waals surface area contributed by atoms with Crippen LogP contribution in [-0.2, 0) is 11.3 Å². The number of halogens is 1. The Morgan fingerprint density at radius 1 is 1.41 bits per heavy atom. The van der Waals surface area contributed by atoms with Crippen molar-refractivity contribution in [3.63, 3.8) is 0 Å². The van der Waals surface area contributed by atoms with Crippen LogP contribution in [-0.4, -0.2) is 24.3 Å². The van der Waals surface area contributed by atoms with Crippen molar-refractivity contribution in [1.82, 2.24) is 4.57 Å². The smallest absolute Gasteiger partial charge is 0.408 e. The summed E-state index contributed by atoms with van der Waals surface area (Å²) in [7, 11) is 0. The van der Waals surface area contributed by atoms with Crippen LogP contribution in [0, 0.1) is 0 Å². The molecule has 6 heteroatoms. The molecule has 1 aromatic heterocycles. The molecule has 1 aromatic carbocycles. The van der Waals surface area contributed by atoms with Crippen molar-refractivity contribution in [2.75, 3.05) is 19.8 Å². The maximum Gasteiger partial charge on any atom is 0.420 e. The highest BCUT2D eigenvalue weighted by molar-refractivity contribution is 9.10. The van der Waals surface area contributed by atoms with E-state index < -0.39 is 0 Å². The molecule has 2 aromatic rings. The molecule has 0 saturated carbocycles. The number of ether oxygens (including phenoxy) is 1. The van der Waals surface area contributed by atoms with Gasteiger partial charge in [0.1, 0.15) is 0 Å². The zero-order valence-corrected chi connectivity index (χ0v) is 10.8. The van der Waals surface area contributed by atoms with Gasteiger partial charge in [-0.3, -0.25) is 4.57 Å². The van der Waals surface area contributed by atoms with E-state index in [9.17, 15) is 4.79 Å². The zero-order valence-electron chi connectivity index (χ0n) is 9.19. The first-order valence-corrected chi connectivity index (χ1v) is 6.08. The average Bonchev–Trinajstić information content (AvgIpc) is 2.61. The first kappa shape index (κ1) is 12.3. The number of aromatic nitrogens is 1. The van der Waals surface area contributed by atoms with E-state index >= 15 is 0 Å². The van der Waals surface area contributed by atoms with Gasteiger partial charge in [-0.2, -0.15) is 0 Å². The van der Waals surface area contributed by atoms with E-state index in [4.69, 9.17) is 14.9 Å². The van der Waals surface area contributed by atoms with Crippen LogP contribution < -0.4 is 11.5 Å². The molecular formula is C11H13BrN2O3. The van der Waals surface area contributed by atoms with Gasteiger partial charge in [-0.25, -0.2) is 4.79 Å². The Hall–Kier alpha value is -1.11. The molecule has 2 N–H and O–H groups in total. The molecule has 0 unspecified atom stereocenters. The minimum absolute atomic E-state index is 0.366. The molecule has 1 heterocycles. The third-order valence-electron chi connectivity index (χ3n) is 2.35. The van der Waals surface area contributed by atoms with E-state index in [1.807, 2.05) is 12.1 Å². The maximum absolute atomic E-state index is 11.6.